The predicted octanol–water partition coefficient (Wildman–Crippen LogP) is 3.56. The molecule has 0 bridgehead atoms. The first-order valence-corrected chi connectivity index (χ1v) is 9.29. The van der Waals surface area contributed by atoms with Crippen LogP contribution in [0.5, 0.6) is 0 Å². The normalized spacial score (nSPS) is 18.7. The number of aromatic nitrogens is 2. The molecule has 0 aliphatic carbocycles. The second-order valence-corrected chi connectivity index (χ2v) is 7.02. The molecular formula is C21H26N4. The Kier molecular flexibility index (Phi) is 4.81. The van der Waals surface area contributed by atoms with Crippen molar-refractivity contribution in [2.45, 2.75) is 25.8 Å². The molecule has 1 atom stereocenters. The molecule has 4 rings (SSSR count). The van der Waals surface area contributed by atoms with Gasteiger partial charge in [-0.05, 0) is 50.4 Å². The van der Waals surface area contributed by atoms with Gasteiger partial charge in [0.1, 0.15) is 5.65 Å². The van der Waals surface area contributed by atoms with Gasteiger partial charge in [-0.1, -0.05) is 36.4 Å². The largest absolute Gasteiger partial charge is 0.330 e. The van der Waals surface area contributed by atoms with Crippen LogP contribution in [0.15, 0.2) is 54.7 Å². The summed E-state index contributed by atoms with van der Waals surface area (Å²) in [6, 6.07) is 16.8. The van der Waals surface area contributed by atoms with Gasteiger partial charge in [-0.25, -0.2) is 4.98 Å². The van der Waals surface area contributed by atoms with E-state index >= 15 is 0 Å². The van der Waals surface area contributed by atoms with Gasteiger partial charge in [-0.2, -0.15) is 0 Å². The van der Waals surface area contributed by atoms with Gasteiger partial charge in [0.2, 0.25) is 0 Å². The number of likely N-dealkylation sites (tertiary alicyclic amines) is 1. The summed E-state index contributed by atoms with van der Waals surface area (Å²) in [6.07, 6.45) is 5.84. The van der Waals surface area contributed by atoms with Gasteiger partial charge in [-0.3, -0.25) is 4.90 Å². The van der Waals surface area contributed by atoms with Crippen LogP contribution in [0.25, 0.3) is 16.9 Å². The summed E-state index contributed by atoms with van der Waals surface area (Å²) in [5, 5.41) is 0. The molecule has 130 valence electrons. The molecule has 3 heterocycles. The fraction of sp³-hybridized carbons (Fsp3) is 0.381. The van der Waals surface area contributed by atoms with Gasteiger partial charge in [-0.15, -0.1) is 0 Å². The molecule has 0 spiro atoms. The van der Waals surface area contributed by atoms with Crippen LogP contribution in [0.3, 0.4) is 0 Å². The minimum atomic E-state index is 0.734. The summed E-state index contributed by atoms with van der Waals surface area (Å²) in [4.78, 5) is 7.50. The van der Waals surface area contributed by atoms with E-state index in [1.165, 1.54) is 24.1 Å². The quantitative estimate of drug-likeness (QED) is 0.776. The van der Waals surface area contributed by atoms with Crippen LogP contribution in [0.1, 0.15) is 25.0 Å². The molecule has 1 aliphatic rings. The molecular weight excluding hydrogens is 308 g/mol. The van der Waals surface area contributed by atoms with Crippen LogP contribution in [-0.2, 0) is 6.54 Å². The van der Waals surface area contributed by atoms with E-state index in [1.54, 1.807) is 0 Å². The van der Waals surface area contributed by atoms with E-state index in [1.807, 2.05) is 0 Å². The predicted molar refractivity (Wildman–Crippen MR) is 102 cm³/mol. The second kappa shape index (κ2) is 7.38. The van der Waals surface area contributed by atoms with Crippen molar-refractivity contribution in [3.8, 4) is 11.3 Å². The average molecular weight is 334 g/mol. The number of nitrogens with two attached hydrogens (primary N) is 1. The third-order valence-corrected chi connectivity index (χ3v) is 5.23. The van der Waals surface area contributed by atoms with Gasteiger partial charge in [0.05, 0.1) is 11.4 Å². The topological polar surface area (TPSA) is 46.6 Å². The van der Waals surface area contributed by atoms with Crippen molar-refractivity contribution in [3.63, 3.8) is 0 Å². The smallest absolute Gasteiger partial charge is 0.137 e. The average Bonchev–Trinajstić information content (AvgIpc) is 3.02. The fourth-order valence-corrected chi connectivity index (χ4v) is 4.00. The minimum Gasteiger partial charge on any atom is -0.330 e. The lowest BCUT2D eigenvalue weighted by atomic mass is 9.94. The highest BCUT2D eigenvalue weighted by Gasteiger charge is 2.22. The summed E-state index contributed by atoms with van der Waals surface area (Å²) < 4.78 is 2.24. The summed E-state index contributed by atoms with van der Waals surface area (Å²) in [6.45, 7) is 4.04. The van der Waals surface area contributed by atoms with E-state index in [9.17, 15) is 0 Å². The second-order valence-electron chi connectivity index (χ2n) is 7.02. The van der Waals surface area contributed by atoms with Crippen molar-refractivity contribution in [2.24, 2.45) is 11.7 Å². The van der Waals surface area contributed by atoms with Gasteiger partial charge < -0.3 is 10.1 Å². The Hall–Kier alpha value is -2.17. The number of piperidine rings is 1. The van der Waals surface area contributed by atoms with E-state index < -0.39 is 0 Å². The van der Waals surface area contributed by atoms with Crippen LogP contribution in [0, 0.1) is 5.92 Å². The Morgan fingerprint density at radius 3 is 2.76 bits per heavy atom. The van der Waals surface area contributed by atoms with Crippen molar-refractivity contribution in [2.75, 3.05) is 19.6 Å². The van der Waals surface area contributed by atoms with Crippen molar-refractivity contribution in [1.29, 1.82) is 0 Å². The fourth-order valence-electron chi connectivity index (χ4n) is 4.00. The molecule has 1 aliphatic heterocycles. The third kappa shape index (κ3) is 3.46. The first kappa shape index (κ1) is 16.3. The molecule has 4 nitrogen and oxygen atoms in total. The Labute approximate surface area is 149 Å². The Bertz CT molecular complexity index is 822. The van der Waals surface area contributed by atoms with Crippen molar-refractivity contribution in [1.82, 2.24) is 14.3 Å². The molecule has 25 heavy (non-hydrogen) atoms. The lowest BCUT2D eigenvalue weighted by Crippen LogP contribution is -2.36. The number of fused-ring (bicyclic) bond motifs is 1. The Morgan fingerprint density at radius 2 is 1.92 bits per heavy atom. The maximum absolute atomic E-state index is 5.78. The van der Waals surface area contributed by atoms with E-state index in [4.69, 9.17) is 10.7 Å². The zero-order chi connectivity index (χ0) is 17.1. The first-order valence-electron chi connectivity index (χ1n) is 9.29. The lowest BCUT2D eigenvalue weighted by molar-refractivity contribution is 0.161. The summed E-state index contributed by atoms with van der Waals surface area (Å²) in [5.74, 6) is 0.734. The lowest BCUT2D eigenvalue weighted by Gasteiger charge is -2.32. The van der Waals surface area contributed by atoms with Gasteiger partial charge in [0.25, 0.3) is 0 Å². The van der Waals surface area contributed by atoms with Crippen LogP contribution in [0.2, 0.25) is 0 Å². The molecule has 4 heteroatoms. The molecule has 0 saturated carbocycles. The zero-order valence-electron chi connectivity index (χ0n) is 14.6. The van der Waals surface area contributed by atoms with E-state index in [-0.39, 0.29) is 0 Å². The maximum Gasteiger partial charge on any atom is 0.137 e. The Balaban J connectivity index is 1.68. The molecule has 0 radical (unpaired) electrons. The van der Waals surface area contributed by atoms with Crippen molar-refractivity contribution < 1.29 is 0 Å². The van der Waals surface area contributed by atoms with Crippen LogP contribution in [0.4, 0.5) is 0 Å². The highest BCUT2D eigenvalue weighted by Crippen LogP contribution is 2.27. The third-order valence-electron chi connectivity index (χ3n) is 5.23. The summed E-state index contributed by atoms with van der Waals surface area (Å²) >= 11 is 0. The first-order chi connectivity index (χ1) is 12.3. The number of benzene rings is 1. The SMILES string of the molecule is NCC[C@@H]1CCCN(Cc2c(-c3ccccc3)nc3ccccn23)C1. The number of hydrogen-bond donors (Lipinski definition) is 1. The monoisotopic (exact) mass is 334 g/mol. The number of hydrogen-bond acceptors (Lipinski definition) is 3. The van der Waals surface area contributed by atoms with E-state index in [0.29, 0.717) is 0 Å². The van der Waals surface area contributed by atoms with Crippen molar-refractivity contribution >= 4 is 5.65 Å². The molecule has 2 N–H and O–H groups in total. The molecule has 1 aromatic carbocycles. The number of pyridine rings is 1. The zero-order valence-corrected chi connectivity index (χ0v) is 14.6. The van der Waals surface area contributed by atoms with Gasteiger partial charge in [0.15, 0.2) is 0 Å². The molecule has 1 fully saturated rings. The van der Waals surface area contributed by atoms with Crippen LogP contribution in [-0.4, -0.2) is 33.9 Å². The highest BCUT2D eigenvalue weighted by molar-refractivity contribution is 5.66. The molecule has 3 aromatic rings. The summed E-state index contributed by atoms with van der Waals surface area (Å²) in [5.41, 5.74) is 10.4. The molecule has 0 unspecified atom stereocenters. The van der Waals surface area contributed by atoms with E-state index in [0.717, 1.165) is 49.9 Å². The van der Waals surface area contributed by atoms with Gasteiger partial charge in [0, 0.05) is 24.8 Å². The van der Waals surface area contributed by atoms with Crippen LogP contribution < -0.4 is 5.73 Å². The van der Waals surface area contributed by atoms with Crippen molar-refractivity contribution in [3.05, 3.63) is 60.4 Å². The standard InChI is InChI=1S/C21H26N4/c22-12-11-17-7-6-13-24(15-17)16-19-21(18-8-2-1-3-9-18)23-20-10-4-5-14-25(19)20/h1-5,8-10,14,17H,6-7,11-13,15-16,22H2/t17-/m0/s1. The number of nitrogens with zero attached hydrogens (tertiary/aromatic N) is 3. The number of rotatable bonds is 5. The number of imidazole rings is 1. The molecule has 2 aromatic heterocycles. The van der Waals surface area contributed by atoms with Gasteiger partial charge >= 0.3 is 0 Å². The molecule has 0 amide bonds. The maximum atomic E-state index is 5.78. The summed E-state index contributed by atoms with van der Waals surface area (Å²) in [7, 11) is 0. The molecule has 1 saturated heterocycles. The van der Waals surface area contributed by atoms with Crippen LogP contribution >= 0.6 is 0 Å². The Morgan fingerprint density at radius 1 is 1.08 bits per heavy atom. The highest BCUT2D eigenvalue weighted by atomic mass is 15.2. The van der Waals surface area contributed by atoms with E-state index in [2.05, 4.69) is 64.0 Å². The minimum absolute atomic E-state index is 0.734.